The standard InChI is InChI=1S/C13H16FNO3/c1-8-2-4-9(5-3-8)18-12-11(14)10(13(16)17)6-7-15-12/h6-9H,2-5H2,1H3,(H,16,17). The third-order valence-electron chi connectivity index (χ3n) is 3.33. The molecule has 1 aliphatic rings. The molecule has 0 unspecified atom stereocenters. The van der Waals surface area contributed by atoms with Crippen molar-refractivity contribution in [1.82, 2.24) is 4.98 Å². The van der Waals surface area contributed by atoms with Crippen LogP contribution in [0, 0.1) is 11.7 Å². The fraction of sp³-hybridized carbons (Fsp3) is 0.538. The molecule has 1 heterocycles. The Morgan fingerprint density at radius 3 is 2.72 bits per heavy atom. The number of rotatable bonds is 3. The average Bonchev–Trinajstić information content (AvgIpc) is 2.34. The van der Waals surface area contributed by atoms with Gasteiger partial charge in [0.1, 0.15) is 11.7 Å². The van der Waals surface area contributed by atoms with Gasteiger partial charge in [-0.2, -0.15) is 0 Å². The van der Waals surface area contributed by atoms with E-state index >= 15 is 0 Å². The molecule has 0 spiro atoms. The quantitative estimate of drug-likeness (QED) is 0.899. The van der Waals surface area contributed by atoms with Gasteiger partial charge in [0.2, 0.25) is 0 Å². The lowest BCUT2D eigenvalue weighted by molar-refractivity contribution is 0.0687. The minimum atomic E-state index is -1.31. The Bertz CT molecular complexity index is 442. The molecular weight excluding hydrogens is 237 g/mol. The van der Waals surface area contributed by atoms with Gasteiger partial charge >= 0.3 is 5.97 Å². The van der Waals surface area contributed by atoms with Crippen LogP contribution in [0.5, 0.6) is 5.88 Å². The Hall–Kier alpha value is -1.65. The number of aromatic nitrogens is 1. The second-order valence-electron chi connectivity index (χ2n) is 4.78. The van der Waals surface area contributed by atoms with Crippen LogP contribution in [0.3, 0.4) is 0 Å². The van der Waals surface area contributed by atoms with E-state index in [1.54, 1.807) is 0 Å². The second kappa shape index (κ2) is 5.33. The lowest BCUT2D eigenvalue weighted by Crippen LogP contribution is -2.24. The summed E-state index contributed by atoms with van der Waals surface area (Å²) in [7, 11) is 0. The van der Waals surface area contributed by atoms with E-state index in [0.717, 1.165) is 31.7 Å². The molecule has 1 aliphatic carbocycles. The monoisotopic (exact) mass is 253 g/mol. The SMILES string of the molecule is CC1CCC(Oc2nccc(C(=O)O)c2F)CC1. The second-order valence-corrected chi connectivity index (χ2v) is 4.78. The molecule has 0 amide bonds. The van der Waals surface area contributed by atoms with E-state index in [-0.39, 0.29) is 12.0 Å². The van der Waals surface area contributed by atoms with Gasteiger partial charge in [0.25, 0.3) is 5.88 Å². The van der Waals surface area contributed by atoms with Crippen LogP contribution in [0.15, 0.2) is 12.3 Å². The molecule has 0 aliphatic heterocycles. The van der Waals surface area contributed by atoms with E-state index in [1.807, 2.05) is 0 Å². The number of hydrogen-bond acceptors (Lipinski definition) is 3. The van der Waals surface area contributed by atoms with Crippen LogP contribution in [0.4, 0.5) is 4.39 Å². The molecule has 98 valence electrons. The molecule has 0 radical (unpaired) electrons. The Balaban J connectivity index is 2.10. The Labute approximate surface area is 105 Å². The van der Waals surface area contributed by atoms with Crippen molar-refractivity contribution in [3.05, 3.63) is 23.6 Å². The average molecular weight is 253 g/mol. The lowest BCUT2D eigenvalue weighted by atomic mass is 9.89. The van der Waals surface area contributed by atoms with Crippen molar-refractivity contribution in [3.8, 4) is 5.88 Å². The fourth-order valence-corrected chi connectivity index (χ4v) is 2.18. The highest BCUT2D eigenvalue weighted by molar-refractivity contribution is 5.88. The fourth-order valence-electron chi connectivity index (χ4n) is 2.18. The summed E-state index contributed by atoms with van der Waals surface area (Å²) in [6.07, 6.45) is 5.01. The molecule has 18 heavy (non-hydrogen) atoms. The summed E-state index contributed by atoms with van der Waals surface area (Å²) in [5.41, 5.74) is -0.399. The first-order valence-electron chi connectivity index (χ1n) is 6.12. The van der Waals surface area contributed by atoms with Crippen molar-refractivity contribution < 1.29 is 19.0 Å². The van der Waals surface area contributed by atoms with E-state index in [1.165, 1.54) is 6.20 Å². The van der Waals surface area contributed by atoms with Gasteiger partial charge in [0, 0.05) is 6.20 Å². The number of nitrogens with zero attached hydrogens (tertiary/aromatic N) is 1. The number of ether oxygens (including phenoxy) is 1. The first kappa shape index (κ1) is 12.8. The zero-order valence-electron chi connectivity index (χ0n) is 10.2. The smallest absolute Gasteiger partial charge is 0.338 e. The summed E-state index contributed by atoms with van der Waals surface area (Å²) in [4.78, 5) is 14.6. The highest BCUT2D eigenvalue weighted by Gasteiger charge is 2.23. The third kappa shape index (κ3) is 2.78. The number of carboxylic acid groups (broad SMARTS) is 1. The van der Waals surface area contributed by atoms with Crippen LogP contribution in [0.2, 0.25) is 0 Å². The maximum absolute atomic E-state index is 13.8. The minimum Gasteiger partial charge on any atom is -0.478 e. The molecule has 0 atom stereocenters. The summed E-state index contributed by atoms with van der Waals surface area (Å²) in [5.74, 6) is -1.72. The lowest BCUT2D eigenvalue weighted by Gasteiger charge is -2.26. The number of carbonyl (C=O) groups is 1. The Morgan fingerprint density at radius 2 is 2.11 bits per heavy atom. The summed E-state index contributed by atoms with van der Waals surface area (Å²) < 4.78 is 19.3. The molecule has 1 N–H and O–H groups in total. The molecule has 0 saturated heterocycles. The molecule has 1 fully saturated rings. The van der Waals surface area contributed by atoms with Crippen LogP contribution < -0.4 is 4.74 Å². The summed E-state index contributed by atoms with van der Waals surface area (Å²) in [5, 5.41) is 8.81. The molecule has 4 nitrogen and oxygen atoms in total. The molecule has 0 aromatic carbocycles. The van der Waals surface area contributed by atoms with E-state index < -0.39 is 17.3 Å². The zero-order valence-corrected chi connectivity index (χ0v) is 10.2. The van der Waals surface area contributed by atoms with Crippen LogP contribution in [-0.2, 0) is 0 Å². The first-order chi connectivity index (χ1) is 8.58. The van der Waals surface area contributed by atoms with Crippen LogP contribution >= 0.6 is 0 Å². The van der Waals surface area contributed by atoms with Crippen LogP contribution in [0.25, 0.3) is 0 Å². The van der Waals surface area contributed by atoms with Gasteiger partial charge in [0.05, 0.1) is 0 Å². The predicted molar refractivity (Wildman–Crippen MR) is 63.2 cm³/mol. The number of hydrogen-bond donors (Lipinski definition) is 1. The largest absolute Gasteiger partial charge is 0.478 e. The van der Waals surface area contributed by atoms with Gasteiger partial charge in [-0.15, -0.1) is 0 Å². The van der Waals surface area contributed by atoms with E-state index in [4.69, 9.17) is 9.84 Å². The van der Waals surface area contributed by atoms with Crippen molar-refractivity contribution in [2.45, 2.75) is 38.7 Å². The van der Waals surface area contributed by atoms with Crippen LogP contribution in [0.1, 0.15) is 43.0 Å². The highest BCUT2D eigenvalue weighted by Crippen LogP contribution is 2.28. The predicted octanol–water partition coefficient (Wildman–Crippen LogP) is 2.88. The molecular formula is C13H16FNO3. The summed E-state index contributed by atoms with van der Waals surface area (Å²) in [6, 6.07) is 1.13. The van der Waals surface area contributed by atoms with E-state index in [2.05, 4.69) is 11.9 Å². The summed E-state index contributed by atoms with van der Waals surface area (Å²) in [6.45, 7) is 2.18. The van der Waals surface area contributed by atoms with Crippen molar-refractivity contribution in [1.29, 1.82) is 0 Å². The molecule has 1 aromatic rings. The van der Waals surface area contributed by atoms with Gasteiger partial charge < -0.3 is 9.84 Å². The maximum Gasteiger partial charge on any atom is 0.338 e. The van der Waals surface area contributed by atoms with Crippen molar-refractivity contribution >= 4 is 5.97 Å². The van der Waals surface area contributed by atoms with Crippen molar-refractivity contribution in [2.24, 2.45) is 5.92 Å². The minimum absolute atomic E-state index is 0.0627. The summed E-state index contributed by atoms with van der Waals surface area (Å²) >= 11 is 0. The molecule has 2 rings (SSSR count). The van der Waals surface area contributed by atoms with E-state index in [0.29, 0.717) is 5.92 Å². The maximum atomic E-state index is 13.8. The molecule has 1 aromatic heterocycles. The normalized spacial score (nSPS) is 23.7. The van der Waals surface area contributed by atoms with E-state index in [9.17, 15) is 9.18 Å². The molecule has 0 bridgehead atoms. The number of aromatic carboxylic acids is 1. The number of pyridine rings is 1. The number of halogens is 1. The van der Waals surface area contributed by atoms with Crippen molar-refractivity contribution in [3.63, 3.8) is 0 Å². The van der Waals surface area contributed by atoms with Gasteiger partial charge in [-0.25, -0.2) is 14.2 Å². The Kier molecular flexibility index (Phi) is 3.79. The van der Waals surface area contributed by atoms with Gasteiger partial charge in [-0.3, -0.25) is 0 Å². The van der Waals surface area contributed by atoms with Gasteiger partial charge in [-0.05, 0) is 37.7 Å². The zero-order chi connectivity index (χ0) is 13.1. The molecule has 5 heteroatoms. The third-order valence-corrected chi connectivity index (χ3v) is 3.33. The van der Waals surface area contributed by atoms with Gasteiger partial charge in [0.15, 0.2) is 5.82 Å². The van der Waals surface area contributed by atoms with Crippen LogP contribution in [-0.4, -0.2) is 22.2 Å². The first-order valence-corrected chi connectivity index (χ1v) is 6.12. The number of carboxylic acids is 1. The highest BCUT2D eigenvalue weighted by atomic mass is 19.1. The molecule has 1 saturated carbocycles. The Morgan fingerprint density at radius 1 is 1.44 bits per heavy atom. The topological polar surface area (TPSA) is 59.4 Å². The van der Waals surface area contributed by atoms with Gasteiger partial charge in [-0.1, -0.05) is 6.92 Å². The van der Waals surface area contributed by atoms with Crippen molar-refractivity contribution in [2.75, 3.05) is 0 Å².